The van der Waals surface area contributed by atoms with E-state index in [1.807, 2.05) is 59.8 Å². The number of hydrogen-bond acceptors (Lipinski definition) is 14. The molecule has 0 saturated carbocycles. The third kappa shape index (κ3) is 16.9. The topological polar surface area (TPSA) is 273 Å². The number of aliphatic hydroxyl groups is 4. The molecule has 19 heteroatoms. The van der Waals surface area contributed by atoms with Gasteiger partial charge in [0.1, 0.15) is 35.7 Å². The van der Waals surface area contributed by atoms with Crippen molar-refractivity contribution >= 4 is 35.4 Å². The van der Waals surface area contributed by atoms with Crippen LogP contribution in [0.3, 0.4) is 0 Å². The Bertz CT molecular complexity index is 2400. The van der Waals surface area contributed by atoms with Crippen LogP contribution in [0.15, 0.2) is 66.3 Å². The van der Waals surface area contributed by atoms with Crippen molar-refractivity contribution in [2.45, 2.75) is 200 Å². The summed E-state index contributed by atoms with van der Waals surface area (Å²) in [6.07, 6.45) is 9.96. The fourth-order valence-electron chi connectivity index (χ4n) is 11.3. The van der Waals surface area contributed by atoms with Crippen LogP contribution < -0.4 is 21.4 Å². The molecule has 0 aliphatic carbocycles. The number of cyclic esters (lactones) is 1. The van der Waals surface area contributed by atoms with E-state index in [-0.39, 0.29) is 79.9 Å². The lowest BCUT2D eigenvalue weighted by Gasteiger charge is -2.56. The molecule has 4 aliphatic heterocycles. The van der Waals surface area contributed by atoms with Gasteiger partial charge in [-0.05, 0) is 93.9 Å². The average Bonchev–Trinajstić information content (AvgIpc) is 3.60. The molecule has 17 atom stereocenters. The standard InChI is InChI=1S/C60H90FN5O13/c1-11-42-29-36(6)60(64-55(42)73)40(10)53(71)39(9)51(79-60)32-48(69)34(4)19-14-12-15-20-35(5)50-23-17-13-16-22-47(68)38(8)54(72)43(26-24-37(7)67)56(74)63-52(33(2)3)57(75)62-46(30-41-25-27-44(61)49(70)31-41)58(76)66-28-18-21-45(65-66)59(77)78-50/h12-13,15-17,20,22,25,27,31,33-34,36,38-40,42-43,45-48,50-54,65,68-72H,11,14,18-19,21,23-24,26,28-30,32H2,1-10H3,(H,62,75)(H,63,74)(H,64,73). The van der Waals surface area contributed by atoms with Crippen molar-refractivity contribution < 1.29 is 68.2 Å². The van der Waals surface area contributed by atoms with Crippen LogP contribution in [0.4, 0.5) is 4.39 Å². The molecule has 1 aromatic carbocycles. The van der Waals surface area contributed by atoms with Gasteiger partial charge in [-0.3, -0.25) is 29.0 Å². The molecular weight excluding hydrogens is 1020 g/mol. The Labute approximate surface area is 466 Å². The molecule has 3 saturated heterocycles. The van der Waals surface area contributed by atoms with E-state index in [2.05, 4.69) is 21.4 Å². The number of halogens is 1. The second-order valence-electron chi connectivity index (χ2n) is 23.3. The van der Waals surface area contributed by atoms with Gasteiger partial charge in [0.15, 0.2) is 11.6 Å². The predicted molar refractivity (Wildman–Crippen MR) is 295 cm³/mol. The van der Waals surface area contributed by atoms with Gasteiger partial charge in [0.2, 0.25) is 17.7 Å². The van der Waals surface area contributed by atoms with Gasteiger partial charge in [0.25, 0.3) is 5.91 Å². The first-order valence-corrected chi connectivity index (χ1v) is 28.5. The number of esters is 1. The molecule has 4 heterocycles. The highest BCUT2D eigenvalue weighted by molar-refractivity contribution is 5.93. The number of hydrazine groups is 1. The van der Waals surface area contributed by atoms with Gasteiger partial charge in [0.05, 0.1) is 36.4 Å². The number of allylic oxidation sites excluding steroid dienone is 5. The number of rotatable bonds is 15. The molecule has 3 fully saturated rings. The Morgan fingerprint density at radius 2 is 1.68 bits per heavy atom. The van der Waals surface area contributed by atoms with Crippen LogP contribution in [0.2, 0.25) is 0 Å². The maximum Gasteiger partial charge on any atom is 0.325 e. The summed E-state index contributed by atoms with van der Waals surface area (Å²) in [4.78, 5) is 82.2. The molecule has 0 radical (unpaired) electrons. The summed E-state index contributed by atoms with van der Waals surface area (Å²) in [6, 6.07) is -0.0791. The van der Waals surface area contributed by atoms with Crippen molar-refractivity contribution in [3.8, 4) is 5.75 Å². The van der Waals surface area contributed by atoms with E-state index in [1.165, 1.54) is 24.1 Å². The van der Waals surface area contributed by atoms with Crippen LogP contribution in [-0.2, 0) is 44.7 Å². The maximum atomic E-state index is 14.5. The molecule has 9 N–H and O–H groups in total. The zero-order valence-corrected chi connectivity index (χ0v) is 47.9. The van der Waals surface area contributed by atoms with E-state index < -0.39 is 113 Å². The van der Waals surface area contributed by atoms with E-state index in [1.54, 1.807) is 39.0 Å². The maximum absolute atomic E-state index is 14.5. The quantitative estimate of drug-likeness (QED) is 0.0771. The van der Waals surface area contributed by atoms with Crippen LogP contribution in [0.1, 0.15) is 139 Å². The number of phenolic OH excluding ortho intramolecular Hbond substituents is 1. The van der Waals surface area contributed by atoms with Crippen molar-refractivity contribution in [1.29, 1.82) is 0 Å². The fourth-order valence-corrected chi connectivity index (χ4v) is 11.3. The molecule has 79 heavy (non-hydrogen) atoms. The number of ether oxygens (including phenoxy) is 2. The number of fused-ring (bicyclic) bond motifs is 2. The summed E-state index contributed by atoms with van der Waals surface area (Å²) in [6.45, 7) is 18.0. The molecule has 17 unspecified atom stereocenters. The van der Waals surface area contributed by atoms with Crippen molar-refractivity contribution in [2.75, 3.05) is 6.54 Å². The van der Waals surface area contributed by atoms with Crippen molar-refractivity contribution in [1.82, 2.24) is 26.4 Å². The van der Waals surface area contributed by atoms with Crippen molar-refractivity contribution in [3.63, 3.8) is 0 Å². The number of Topliss-reactive ketones (excluding diaryl/α,β-unsaturated/α-hetero) is 1. The number of ketones is 1. The Morgan fingerprint density at radius 3 is 2.35 bits per heavy atom. The van der Waals surface area contributed by atoms with Crippen molar-refractivity contribution in [3.05, 3.63) is 77.7 Å². The summed E-state index contributed by atoms with van der Waals surface area (Å²) < 4.78 is 27.1. The Hall–Kier alpha value is -5.31. The first kappa shape index (κ1) is 64.5. The van der Waals surface area contributed by atoms with Crippen LogP contribution in [0, 0.1) is 53.2 Å². The number of carbonyl (C=O) groups is 6. The average molecular weight is 1110 g/mol. The lowest BCUT2D eigenvalue weighted by molar-refractivity contribution is -0.267. The smallest absolute Gasteiger partial charge is 0.325 e. The lowest BCUT2D eigenvalue weighted by Crippen LogP contribution is -2.71. The molecule has 440 valence electrons. The molecule has 4 amide bonds. The number of hydrogen-bond donors (Lipinski definition) is 9. The molecule has 5 rings (SSSR count). The van der Waals surface area contributed by atoms with Crippen LogP contribution in [0.25, 0.3) is 0 Å². The molecule has 0 aromatic heterocycles. The number of carbonyl (C=O) groups excluding carboxylic acids is 6. The van der Waals surface area contributed by atoms with Gasteiger partial charge >= 0.3 is 5.97 Å². The zero-order chi connectivity index (χ0) is 58.5. The minimum atomic E-state index is -1.47. The monoisotopic (exact) mass is 1110 g/mol. The number of aromatic hydroxyl groups is 1. The van der Waals surface area contributed by atoms with Gasteiger partial charge < -0.3 is 55.8 Å². The minimum absolute atomic E-state index is 0.0341. The number of aliphatic hydroxyl groups excluding tert-OH is 4. The zero-order valence-electron chi connectivity index (χ0n) is 47.9. The minimum Gasteiger partial charge on any atom is -0.505 e. The largest absolute Gasteiger partial charge is 0.505 e. The summed E-state index contributed by atoms with van der Waals surface area (Å²) in [5, 5.41) is 65.8. The van der Waals surface area contributed by atoms with E-state index in [0.29, 0.717) is 49.7 Å². The first-order valence-electron chi connectivity index (χ1n) is 28.5. The van der Waals surface area contributed by atoms with Crippen LogP contribution in [-0.4, -0.2) is 133 Å². The summed E-state index contributed by atoms with van der Waals surface area (Å²) >= 11 is 0. The first-order chi connectivity index (χ1) is 37.3. The van der Waals surface area contributed by atoms with Gasteiger partial charge in [0, 0.05) is 61.8 Å². The van der Waals surface area contributed by atoms with E-state index in [0.717, 1.165) is 12.1 Å². The lowest BCUT2D eigenvalue weighted by atomic mass is 9.69. The molecular formula is C60H90FN5O13. The van der Waals surface area contributed by atoms with E-state index >= 15 is 0 Å². The van der Waals surface area contributed by atoms with Crippen LogP contribution in [0.5, 0.6) is 5.75 Å². The summed E-state index contributed by atoms with van der Waals surface area (Å²) in [7, 11) is 0. The number of nitrogens with one attached hydrogen (secondary N) is 4. The van der Waals surface area contributed by atoms with Gasteiger partial charge in [-0.25, -0.2) is 9.82 Å². The van der Waals surface area contributed by atoms with Crippen LogP contribution >= 0.6 is 0 Å². The molecule has 1 spiro atoms. The van der Waals surface area contributed by atoms with E-state index in [9.17, 15) is 58.7 Å². The fraction of sp³-hybridized carbons (Fsp3) is 0.667. The third-order valence-corrected chi connectivity index (χ3v) is 17.0. The normalized spacial score (nSPS) is 33.8. The predicted octanol–water partition coefficient (Wildman–Crippen LogP) is 5.55. The highest BCUT2D eigenvalue weighted by atomic mass is 19.1. The van der Waals surface area contributed by atoms with Gasteiger partial charge in [-0.15, -0.1) is 0 Å². The number of phenols is 1. The summed E-state index contributed by atoms with van der Waals surface area (Å²) in [5.41, 5.74) is 2.95. The SMILES string of the molecule is CCC1CC(C)C2(NC1=O)OC(CC(O)C(C)CCC=CC=C(C)C1CC=CC=CC(O)C(C)C(O)C(CCC(C)=O)C(=O)NC(C(C)C)C(=O)NC(Cc3ccc(F)c(O)c3)C(=O)N3CCCC(N3)C(=O)O1)C(C)C(O)C2C. The Morgan fingerprint density at radius 1 is 0.962 bits per heavy atom. The summed E-state index contributed by atoms with van der Waals surface area (Å²) in [5.74, 6) is -8.28. The number of benzene rings is 1. The number of nitrogens with zero attached hydrogens (tertiary/aromatic N) is 1. The molecule has 1 aromatic rings. The molecule has 18 nitrogen and oxygen atoms in total. The molecule has 4 aliphatic rings. The molecule has 2 bridgehead atoms. The number of piperidine rings is 1. The second kappa shape index (κ2) is 29.4. The number of amides is 4. The Kier molecular flexibility index (Phi) is 24.0. The highest BCUT2D eigenvalue weighted by Crippen LogP contribution is 2.46. The van der Waals surface area contributed by atoms with Gasteiger partial charge in [-0.2, -0.15) is 0 Å². The highest BCUT2D eigenvalue weighted by Gasteiger charge is 2.57. The second-order valence-corrected chi connectivity index (χ2v) is 23.3. The van der Waals surface area contributed by atoms with Gasteiger partial charge in [-0.1, -0.05) is 104 Å². The Balaban J connectivity index is 1.36. The van der Waals surface area contributed by atoms with Crippen molar-refractivity contribution in [2.24, 2.45) is 47.3 Å². The van der Waals surface area contributed by atoms with E-state index in [4.69, 9.17) is 9.47 Å². The third-order valence-electron chi connectivity index (χ3n) is 17.0.